The molecule has 5 heterocycles. The maximum Gasteiger partial charge on any atom is 0.433 e. The van der Waals surface area contributed by atoms with Crippen LogP contribution >= 0.6 is 22.7 Å². The Hall–Kier alpha value is -2.57. The van der Waals surface area contributed by atoms with E-state index in [2.05, 4.69) is 14.9 Å². The number of rotatable bonds is 3. The number of likely N-dealkylation sites (tertiary alicyclic amines) is 1. The summed E-state index contributed by atoms with van der Waals surface area (Å²) >= 11 is 2.41. The summed E-state index contributed by atoms with van der Waals surface area (Å²) in [7, 11) is 0. The van der Waals surface area contributed by atoms with E-state index in [0.717, 1.165) is 30.5 Å². The van der Waals surface area contributed by atoms with E-state index < -0.39 is 11.9 Å². The molecule has 0 aliphatic carbocycles. The quantitative estimate of drug-likeness (QED) is 0.558. The smallest absolute Gasteiger partial charge is 0.335 e. The molecule has 0 spiro atoms. The fourth-order valence-corrected chi connectivity index (χ4v) is 5.90. The highest BCUT2D eigenvalue weighted by Crippen LogP contribution is 2.35. The van der Waals surface area contributed by atoms with Gasteiger partial charge in [0, 0.05) is 56.1 Å². The Bertz CT molecular complexity index is 1200. The van der Waals surface area contributed by atoms with Crippen LogP contribution in [0, 0.1) is 6.92 Å². The number of pyridine rings is 1. The molecule has 2 amide bonds. The van der Waals surface area contributed by atoms with Crippen LogP contribution in [0.3, 0.4) is 0 Å². The minimum Gasteiger partial charge on any atom is -0.335 e. The summed E-state index contributed by atoms with van der Waals surface area (Å²) in [5.74, 6) is -0.221. The van der Waals surface area contributed by atoms with Gasteiger partial charge in [-0.2, -0.15) is 13.2 Å². The highest BCUT2D eigenvalue weighted by Gasteiger charge is 2.38. The van der Waals surface area contributed by atoms with Crippen LogP contribution in [0.25, 0.3) is 10.2 Å². The second kappa shape index (κ2) is 8.33. The molecule has 2 aliphatic rings. The molecule has 0 unspecified atom stereocenters. The zero-order valence-electron chi connectivity index (χ0n) is 17.6. The first-order valence-electron chi connectivity index (χ1n) is 10.4. The lowest BCUT2D eigenvalue weighted by Gasteiger charge is -2.48. The predicted octanol–water partition coefficient (Wildman–Crippen LogP) is 3.36. The summed E-state index contributed by atoms with van der Waals surface area (Å²) in [4.78, 5) is 39.7. The van der Waals surface area contributed by atoms with Crippen molar-refractivity contribution in [3.63, 3.8) is 0 Å². The van der Waals surface area contributed by atoms with Crippen LogP contribution in [0.1, 0.15) is 31.4 Å². The zero-order chi connectivity index (χ0) is 23.3. The zero-order valence-corrected chi connectivity index (χ0v) is 19.3. The third-order valence-corrected chi connectivity index (χ3v) is 7.98. The van der Waals surface area contributed by atoms with Gasteiger partial charge < -0.3 is 9.80 Å². The topological polar surface area (TPSA) is 69.6 Å². The van der Waals surface area contributed by atoms with Crippen LogP contribution in [0.5, 0.6) is 0 Å². The third kappa shape index (κ3) is 4.11. The number of fused-ring (bicyclic) bond motifs is 1. The fourth-order valence-electron chi connectivity index (χ4n) is 4.23. The number of hydrogen-bond donors (Lipinski definition) is 0. The molecule has 0 saturated carbocycles. The number of amides is 2. The summed E-state index contributed by atoms with van der Waals surface area (Å²) in [6, 6.07) is 2.56. The lowest BCUT2D eigenvalue weighted by atomic mass is 10.0. The maximum atomic E-state index is 13.0. The lowest BCUT2D eigenvalue weighted by Crippen LogP contribution is -2.64. The van der Waals surface area contributed by atoms with E-state index >= 15 is 0 Å². The number of carbonyl (C=O) groups excluding carboxylic acids is 2. The first kappa shape index (κ1) is 22.2. The number of thiazole rings is 1. The molecule has 12 heteroatoms. The molecule has 5 rings (SSSR count). The molecule has 3 aromatic heterocycles. The van der Waals surface area contributed by atoms with Crippen molar-refractivity contribution >= 4 is 44.7 Å². The summed E-state index contributed by atoms with van der Waals surface area (Å²) in [5.41, 5.74) is 1.84. The molecule has 0 aromatic carbocycles. The second-order valence-corrected chi connectivity index (χ2v) is 9.89. The van der Waals surface area contributed by atoms with Crippen LogP contribution in [0.15, 0.2) is 23.0 Å². The molecule has 174 valence electrons. The van der Waals surface area contributed by atoms with Crippen molar-refractivity contribution in [3.8, 4) is 0 Å². The summed E-state index contributed by atoms with van der Waals surface area (Å²) in [6.07, 6.45) is -4.52. The number of halogens is 3. The molecular weight excluding hydrogens is 475 g/mol. The highest BCUT2D eigenvalue weighted by atomic mass is 32.1. The van der Waals surface area contributed by atoms with Crippen molar-refractivity contribution in [1.82, 2.24) is 24.7 Å². The van der Waals surface area contributed by atoms with Crippen LogP contribution in [-0.2, 0) is 6.18 Å². The van der Waals surface area contributed by atoms with E-state index in [1.165, 1.54) is 17.4 Å². The molecule has 2 fully saturated rings. The molecule has 0 bridgehead atoms. The van der Waals surface area contributed by atoms with Crippen molar-refractivity contribution < 1.29 is 22.8 Å². The van der Waals surface area contributed by atoms with Gasteiger partial charge in [-0.1, -0.05) is 0 Å². The molecule has 2 aliphatic heterocycles. The first-order chi connectivity index (χ1) is 15.7. The average Bonchev–Trinajstić information content (AvgIpc) is 3.40. The number of hydrogen-bond acceptors (Lipinski definition) is 7. The van der Waals surface area contributed by atoms with Gasteiger partial charge >= 0.3 is 6.18 Å². The Morgan fingerprint density at radius 3 is 2.42 bits per heavy atom. The molecule has 33 heavy (non-hydrogen) atoms. The van der Waals surface area contributed by atoms with E-state index in [1.807, 2.05) is 0 Å². The number of aromatic nitrogens is 2. The summed E-state index contributed by atoms with van der Waals surface area (Å²) in [5, 5.41) is 2.33. The number of alkyl halides is 3. The van der Waals surface area contributed by atoms with Gasteiger partial charge in [-0.25, -0.2) is 9.97 Å². The third-order valence-electron chi connectivity index (χ3n) is 6.21. The summed E-state index contributed by atoms with van der Waals surface area (Å²) < 4.78 is 38.9. The minimum atomic E-state index is -4.52. The van der Waals surface area contributed by atoms with Gasteiger partial charge in [0.05, 0.1) is 10.4 Å². The number of thiophene rings is 1. The number of carbonyl (C=O) groups is 2. The van der Waals surface area contributed by atoms with Crippen LogP contribution in [-0.4, -0.2) is 81.8 Å². The largest absolute Gasteiger partial charge is 0.433 e. The predicted molar refractivity (Wildman–Crippen MR) is 119 cm³/mol. The molecule has 3 aromatic rings. The fraction of sp³-hybridized carbons (Fsp3) is 0.429. The van der Waals surface area contributed by atoms with Gasteiger partial charge in [0.1, 0.15) is 16.2 Å². The minimum absolute atomic E-state index is 0.0520. The van der Waals surface area contributed by atoms with Crippen molar-refractivity contribution in [2.45, 2.75) is 19.1 Å². The van der Waals surface area contributed by atoms with Gasteiger partial charge in [-0.15, -0.1) is 22.7 Å². The van der Waals surface area contributed by atoms with E-state index in [4.69, 9.17) is 0 Å². The molecule has 0 atom stereocenters. The van der Waals surface area contributed by atoms with Gasteiger partial charge in [0.25, 0.3) is 11.8 Å². The van der Waals surface area contributed by atoms with E-state index in [1.54, 1.807) is 27.6 Å². The molecule has 0 radical (unpaired) electrons. The average molecular weight is 496 g/mol. The van der Waals surface area contributed by atoms with Gasteiger partial charge in [0.15, 0.2) is 0 Å². The summed E-state index contributed by atoms with van der Waals surface area (Å²) in [6.45, 7) is 5.56. The van der Waals surface area contributed by atoms with Gasteiger partial charge in [-0.3, -0.25) is 14.5 Å². The molecular formula is C21H20F3N5O2S2. The van der Waals surface area contributed by atoms with E-state index in [-0.39, 0.29) is 22.7 Å². The van der Waals surface area contributed by atoms with Crippen molar-refractivity contribution in [1.29, 1.82) is 0 Å². The monoisotopic (exact) mass is 495 g/mol. The van der Waals surface area contributed by atoms with Gasteiger partial charge in [0.2, 0.25) is 0 Å². The molecule has 0 N–H and O–H groups in total. The van der Waals surface area contributed by atoms with Crippen molar-refractivity contribution in [2.75, 3.05) is 39.3 Å². The normalized spacial score (nSPS) is 18.1. The highest BCUT2D eigenvalue weighted by molar-refractivity contribution is 7.20. The molecule has 7 nitrogen and oxygen atoms in total. The Morgan fingerprint density at radius 2 is 1.79 bits per heavy atom. The molecule has 2 saturated heterocycles. The van der Waals surface area contributed by atoms with E-state index in [9.17, 15) is 22.8 Å². The Kier molecular flexibility index (Phi) is 5.61. The van der Waals surface area contributed by atoms with Gasteiger partial charge in [-0.05, 0) is 24.6 Å². The number of piperazine rings is 1. The lowest BCUT2D eigenvalue weighted by molar-refractivity contribution is -0.140. The first-order valence-corrected chi connectivity index (χ1v) is 12.2. The SMILES string of the molecule is Cc1c(C(=O)N2CC(N3CCN(C(=O)c4cscn4)CC3)C2)sc2nc(C(F)(F)F)ccc12. The van der Waals surface area contributed by atoms with E-state index in [0.29, 0.717) is 47.7 Å². The van der Waals surface area contributed by atoms with Crippen LogP contribution in [0.2, 0.25) is 0 Å². The standard InChI is InChI=1S/C21H20F3N5O2S2/c1-12-14-2-3-16(21(22,23)24)26-18(14)33-17(12)20(31)29-8-13(9-29)27-4-6-28(7-5-27)19(30)15-10-32-11-25-15/h2-3,10-11,13H,4-9H2,1H3. The van der Waals surface area contributed by atoms with Crippen molar-refractivity contribution in [3.05, 3.63) is 44.9 Å². The Balaban J connectivity index is 1.19. The number of aryl methyl sites for hydroxylation is 1. The Labute approximate surface area is 195 Å². The number of nitrogens with zero attached hydrogens (tertiary/aromatic N) is 5. The maximum absolute atomic E-state index is 13.0. The second-order valence-electron chi connectivity index (χ2n) is 8.17. The van der Waals surface area contributed by atoms with Crippen molar-refractivity contribution in [2.24, 2.45) is 0 Å². The Morgan fingerprint density at radius 1 is 1.06 bits per heavy atom. The van der Waals surface area contributed by atoms with Crippen LogP contribution in [0.4, 0.5) is 13.2 Å². The van der Waals surface area contributed by atoms with Crippen LogP contribution < -0.4 is 0 Å².